The second-order valence-corrected chi connectivity index (χ2v) is 4.50. The number of nitrogens with one attached hydrogen (secondary N) is 1. The molecule has 4 nitrogen and oxygen atoms in total. The van der Waals surface area contributed by atoms with Gasteiger partial charge in [0.2, 0.25) is 5.91 Å². The molecule has 3 amide bonds. The zero-order chi connectivity index (χ0) is 11.3. The lowest BCUT2D eigenvalue weighted by Gasteiger charge is -2.03. The minimum atomic E-state index is -0.826. The van der Waals surface area contributed by atoms with Crippen molar-refractivity contribution in [3.8, 4) is 0 Å². The van der Waals surface area contributed by atoms with Crippen LogP contribution in [0.1, 0.15) is 0 Å². The first-order chi connectivity index (χ1) is 7.09. The van der Waals surface area contributed by atoms with E-state index in [-0.39, 0.29) is 5.75 Å². The number of amides is 3. The number of benzene rings is 1. The van der Waals surface area contributed by atoms with E-state index in [0.29, 0.717) is 0 Å². The van der Waals surface area contributed by atoms with Gasteiger partial charge >= 0.3 is 6.03 Å². The van der Waals surface area contributed by atoms with Crippen molar-refractivity contribution in [2.24, 2.45) is 5.73 Å². The van der Waals surface area contributed by atoms with Gasteiger partial charge in [0.25, 0.3) is 0 Å². The van der Waals surface area contributed by atoms with Crippen molar-refractivity contribution >= 4 is 39.6 Å². The van der Waals surface area contributed by atoms with Gasteiger partial charge in [-0.1, -0.05) is 12.1 Å². The average molecular weight is 289 g/mol. The largest absolute Gasteiger partial charge is 0.351 e. The van der Waals surface area contributed by atoms with E-state index in [2.05, 4.69) is 15.9 Å². The van der Waals surface area contributed by atoms with Crippen molar-refractivity contribution in [1.82, 2.24) is 5.32 Å². The Morgan fingerprint density at radius 2 is 2.07 bits per heavy atom. The molecule has 0 aliphatic rings. The summed E-state index contributed by atoms with van der Waals surface area (Å²) in [5.41, 5.74) is 4.80. The Bertz CT molecular complexity index is 384. The number of carbonyl (C=O) groups is 2. The molecule has 0 unspecified atom stereocenters. The van der Waals surface area contributed by atoms with Gasteiger partial charge in [0.05, 0.1) is 5.75 Å². The van der Waals surface area contributed by atoms with Crippen LogP contribution in [-0.2, 0) is 4.79 Å². The topological polar surface area (TPSA) is 72.2 Å². The highest BCUT2D eigenvalue weighted by Gasteiger charge is 2.06. The summed E-state index contributed by atoms with van der Waals surface area (Å²) in [6, 6.07) is 6.70. The molecule has 0 atom stereocenters. The van der Waals surface area contributed by atoms with Crippen LogP contribution in [0.3, 0.4) is 0 Å². The van der Waals surface area contributed by atoms with Crippen LogP contribution >= 0.6 is 27.7 Å². The molecule has 1 aromatic rings. The molecular weight excluding hydrogens is 280 g/mol. The van der Waals surface area contributed by atoms with Gasteiger partial charge in [-0.05, 0) is 28.1 Å². The Hall–Kier alpha value is -1.01. The zero-order valence-electron chi connectivity index (χ0n) is 7.70. The fourth-order valence-corrected chi connectivity index (χ4v) is 2.25. The summed E-state index contributed by atoms with van der Waals surface area (Å²) in [5, 5.41) is 2.00. The quantitative estimate of drug-likeness (QED) is 0.832. The number of halogens is 1. The molecule has 1 rings (SSSR count). The van der Waals surface area contributed by atoms with Crippen LogP contribution in [0.2, 0.25) is 0 Å². The third-order valence-electron chi connectivity index (χ3n) is 1.46. The minimum absolute atomic E-state index is 0.158. The summed E-state index contributed by atoms with van der Waals surface area (Å²) in [4.78, 5) is 22.4. The number of thioether (sulfide) groups is 1. The van der Waals surface area contributed by atoms with Crippen molar-refractivity contribution in [2.45, 2.75) is 4.90 Å². The van der Waals surface area contributed by atoms with Crippen LogP contribution in [0, 0.1) is 0 Å². The Morgan fingerprint density at radius 3 is 2.67 bits per heavy atom. The molecule has 15 heavy (non-hydrogen) atoms. The molecule has 0 heterocycles. The maximum absolute atomic E-state index is 11.1. The standard InChI is InChI=1S/C9H9BrN2O2S/c10-6-3-1-2-4-7(6)15-5-8(13)12-9(11)14/h1-4H,5H2,(H3,11,12,13,14). The van der Waals surface area contributed by atoms with Gasteiger partial charge in [0.1, 0.15) is 0 Å². The maximum Gasteiger partial charge on any atom is 0.318 e. The number of urea groups is 1. The number of primary amides is 1. The lowest BCUT2D eigenvalue weighted by molar-refractivity contribution is -0.117. The summed E-state index contributed by atoms with van der Waals surface area (Å²) in [6.45, 7) is 0. The minimum Gasteiger partial charge on any atom is -0.351 e. The molecule has 0 aromatic heterocycles. The SMILES string of the molecule is NC(=O)NC(=O)CSc1ccccc1Br. The number of hydrogen-bond donors (Lipinski definition) is 2. The molecule has 0 fully saturated rings. The molecule has 0 bridgehead atoms. The molecule has 0 aliphatic carbocycles. The van der Waals surface area contributed by atoms with Crippen molar-refractivity contribution in [1.29, 1.82) is 0 Å². The Morgan fingerprint density at radius 1 is 1.40 bits per heavy atom. The normalized spacial score (nSPS) is 9.67. The smallest absolute Gasteiger partial charge is 0.318 e. The van der Waals surface area contributed by atoms with E-state index in [9.17, 15) is 9.59 Å². The third kappa shape index (κ3) is 4.35. The highest BCUT2D eigenvalue weighted by Crippen LogP contribution is 2.26. The average Bonchev–Trinajstić information content (AvgIpc) is 2.15. The lowest BCUT2D eigenvalue weighted by atomic mass is 10.4. The molecular formula is C9H9BrN2O2S. The summed E-state index contributed by atoms with van der Waals surface area (Å²) < 4.78 is 0.918. The molecule has 6 heteroatoms. The Kier molecular flexibility index (Phi) is 4.64. The van der Waals surface area contributed by atoms with E-state index in [4.69, 9.17) is 5.73 Å². The van der Waals surface area contributed by atoms with Crippen LogP contribution in [-0.4, -0.2) is 17.7 Å². The molecule has 1 aromatic carbocycles. The van der Waals surface area contributed by atoms with Crippen LogP contribution in [0.25, 0.3) is 0 Å². The first-order valence-electron chi connectivity index (χ1n) is 4.06. The Balaban J connectivity index is 2.47. The van der Waals surface area contributed by atoms with Crippen molar-refractivity contribution < 1.29 is 9.59 Å². The predicted molar refractivity (Wildman–Crippen MR) is 62.6 cm³/mol. The van der Waals surface area contributed by atoms with Gasteiger partial charge in [-0.2, -0.15) is 0 Å². The van der Waals surface area contributed by atoms with Gasteiger partial charge < -0.3 is 5.73 Å². The van der Waals surface area contributed by atoms with Gasteiger partial charge in [0, 0.05) is 9.37 Å². The Labute approximate surface area is 99.7 Å². The molecule has 0 spiro atoms. The van der Waals surface area contributed by atoms with Crippen LogP contribution < -0.4 is 11.1 Å². The first kappa shape index (κ1) is 12.1. The maximum atomic E-state index is 11.1. The van der Waals surface area contributed by atoms with Crippen molar-refractivity contribution in [2.75, 3.05) is 5.75 Å². The molecule has 0 saturated carbocycles. The van der Waals surface area contributed by atoms with Gasteiger partial charge in [-0.25, -0.2) is 4.79 Å². The van der Waals surface area contributed by atoms with E-state index < -0.39 is 11.9 Å². The van der Waals surface area contributed by atoms with Crippen LogP contribution in [0.15, 0.2) is 33.6 Å². The van der Waals surface area contributed by atoms with Crippen LogP contribution in [0.5, 0.6) is 0 Å². The van der Waals surface area contributed by atoms with E-state index in [1.165, 1.54) is 11.8 Å². The summed E-state index contributed by atoms with van der Waals surface area (Å²) in [7, 11) is 0. The van der Waals surface area contributed by atoms with E-state index >= 15 is 0 Å². The molecule has 0 aliphatic heterocycles. The van der Waals surface area contributed by atoms with Crippen molar-refractivity contribution in [3.05, 3.63) is 28.7 Å². The fourth-order valence-electron chi connectivity index (χ4n) is 0.879. The highest BCUT2D eigenvalue weighted by molar-refractivity contribution is 9.10. The summed E-state index contributed by atoms with van der Waals surface area (Å²) in [6.07, 6.45) is 0. The van der Waals surface area contributed by atoms with Gasteiger partial charge in [-0.3, -0.25) is 10.1 Å². The molecule has 0 saturated heterocycles. The highest BCUT2D eigenvalue weighted by atomic mass is 79.9. The lowest BCUT2D eigenvalue weighted by Crippen LogP contribution is -2.36. The summed E-state index contributed by atoms with van der Waals surface area (Å²) >= 11 is 4.68. The van der Waals surface area contributed by atoms with E-state index in [0.717, 1.165) is 9.37 Å². The zero-order valence-corrected chi connectivity index (χ0v) is 10.1. The van der Waals surface area contributed by atoms with Crippen molar-refractivity contribution in [3.63, 3.8) is 0 Å². The predicted octanol–water partition coefficient (Wildman–Crippen LogP) is 1.74. The first-order valence-corrected chi connectivity index (χ1v) is 5.84. The second-order valence-electron chi connectivity index (χ2n) is 2.63. The number of carbonyl (C=O) groups excluding carboxylic acids is 2. The number of nitrogens with two attached hydrogens (primary N) is 1. The molecule has 0 radical (unpaired) electrons. The van der Waals surface area contributed by atoms with E-state index in [1.54, 1.807) is 0 Å². The van der Waals surface area contributed by atoms with E-state index in [1.807, 2.05) is 29.6 Å². The van der Waals surface area contributed by atoms with Gasteiger partial charge in [0.15, 0.2) is 0 Å². The fraction of sp³-hybridized carbons (Fsp3) is 0.111. The number of imide groups is 1. The molecule has 3 N–H and O–H groups in total. The van der Waals surface area contributed by atoms with Gasteiger partial charge in [-0.15, -0.1) is 11.8 Å². The second kappa shape index (κ2) is 5.77. The third-order valence-corrected chi connectivity index (χ3v) is 3.49. The monoisotopic (exact) mass is 288 g/mol. The molecule has 80 valence electrons. The van der Waals surface area contributed by atoms with Crippen LogP contribution in [0.4, 0.5) is 4.79 Å². The number of hydrogen-bond acceptors (Lipinski definition) is 3. The summed E-state index contributed by atoms with van der Waals surface area (Å²) in [5.74, 6) is -0.241. The number of rotatable bonds is 3.